The Morgan fingerprint density at radius 2 is 1.96 bits per heavy atom. The summed E-state index contributed by atoms with van der Waals surface area (Å²) in [4.78, 5) is 12.9. The van der Waals surface area contributed by atoms with Gasteiger partial charge in [0.1, 0.15) is 5.75 Å². The Labute approximate surface area is 147 Å². The number of ether oxygens (including phenoxy) is 1. The largest absolute Gasteiger partial charge is 0.493 e. The van der Waals surface area contributed by atoms with Crippen molar-refractivity contribution in [3.63, 3.8) is 0 Å². The molecule has 0 bridgehead atoms. The van der Waals surface area contributed by atoms with E-state index in [2.05, 4.69) is 26.7 Å². The lowest BCUT2D eigenvalue weighted by Crippen LogP contribution is -2.50. The molecular formula is C19H23FN4O. The van der Waals surface area contributed by atoms with Crippen LogP contribution in [0.15, 0.2) is 42.7 Å². The van der Waals surface area contributed by atoms with Gasteiger partial charge in [-0.1, -0.05) is 25.1 Å². The molecule has 0 radical (unpaired) electrons. The number of anilines is 1. The van der Waals surface area contributed by atoms with Gasteiger partial charge in [0.25, 0.3) is 0 Å². The number of rotatable bonds is 4. The van der Waals surface area contributed by atoms with Crippen LogP contribution in [0.25, 0.3) is 0 Å². The minimum absolute atomic E-state index is 0.139. The van der Waals surface area contributed by atoms with Gasteiger partial charge in [0.2, 0.25) is 5.95 Å². The van der Waals surface area contributed by atoms with Crippen molar-refractivity contribution in [1.29, 1.82) is 0 Å². The molecule has 2 aromatic rings. The fraction of sp³-hybridized carbons (Fsp3) is 0.474. The third-order valence-corrected chi connectivity index (χ3v) is 5.14. The smallest absolute Gasteiger partial charge is 0.225 e. The maximum absolute atomic E-state index is 13.0. The molecule has 2 saturated heterocycles. The van der Waals surface area contributed by atoms with E-state index in [1.54, 1.807) is 0 Å². The highest BCUT2D eigenvalue weighted by Crippen LogP contribution is 2.37. The van der Waals surface area contributed by atoms with E-state index in [1.165, 1.54) is 12.4 Å². The summed E-state index contributed by atoms with van der Waals surface area (Å²) < 4.78 is 19.0. The summed E-state index contributed by atoms with van der Waals surface area (Å²) >= 11 is 0. The van der Waals surface area contributed by atoms with Crippen molar-refractivity contribution in [1.82, 2.24) is 14.9 Å². The molecule has 2 unspecified atom stereocenters. The molecule has 0 N–H and O–H groups in total. The average Bonchev–Trinajstić information content (AvgIpc) is 2.97. The normalized spacial score (nSPS) is 26.5. The fourth-order valence-corrected chi connectivity index (χ4v) is 3.95. The lowest BCUT2D eigenvalue weighted by molar-refractivity contribution is 0.161. The number of fused-ring (bicyclic) bond motifs is 1. The molecule has 2 aliphatic rings. The number of nitrogens with zero attached hydrogens (tertiary/aromatic N) is 4. The zero-order chi connectivity index (χ0) is 17.3. The number of hydrogen-bond donors (Lipinski definition) is 0. The molecule has 0 aliphatic carbocycles. The second kappa shape index (κ2) is 6.59. The second-order valence-electron chi connectivity index (χ2n) is 7.39. The van der Waals surface area contributed by atoms with Crippen LogP contribution in [0.4, 0.5) is 10.3 Å². The standard InChI is InChI=1S/C19H23FN4O/c1-19(14-25-17-5-3-2-4-6-17)9-16-12-23(7-8-24(16)13-19)18-21-10-15(20)11-22-18/h2-6,10-11,16H,7-9,12-14H2,1H3. The number of para-hydroxylation sites is 1. The van der Waals surface area contributed by atoms with Crippen LogP contribution < -0.4 is 9.64 Å². The molecule has 3 heterocycles. The molecule has 2 atom stereocenters. The van der Waals surface area contributed by atoms with Gasteiger partial charge in [0, 0.05) is 37.6 Å². The molecule has 132 valence electrons. The summed E-state index contributed by atoms with van der Waals surface area (Å²) in [5, 5.41) is 0. The minimum Gasteiger partial charge on any atom is -0.493 e. The lowest BCUT2D eigenvalue weighted by Gasteiger charge is -2.37. The number of aromatic nitrogens is 2. The Kier molecular flexibility index (Phi) is 4.29. The van der Waals surface area contributed by atoms with Gasteiger partial charge in [0.05, 0.1) is 19.0 Å². The van der Waals surface area contributed by atoms with Gasteiger partial charge in [-0.25, -0.2) is 14.4 Å². The van der Waals surface area contributed by atoms with Crippen molar-refractivity contribution in [2.45, 2.75) is 19.4 Å². The highest BCUT2D eigenvalue weighted by molar-refractivity contribution is 5.31. The molecule has 0 spiro atoms. The van der Waals surface area contributed by atoms with Crippen LogP contribution in [-0.4, -0.2) is 53.7 Å². The molecule has 1 aromatic carbocycles. The first-order valence-corrected chi connectivity index (χ1v) is 8.76. The molecule has 25 heavy (non-hydrogen) atoms. The monoisotopic (exact) mass is 342 g/mol. The molecule has 6 heteroatoms. The number of benzene rings is 1. The number of piperazine rings is 1. The summed E-state index contributed by atoms with van der Waals surface area (Å²) in [6.07, 6.45) is 3.56. The van der Waals surface area contributed by atoms with Gasteiger partial charge >= 0.3 is 0 Å². The molecule has 2 aliphatic heterocycles. The zero-order valence-electron chi connectivity index (χ0n) is 14.4. The van der Waals surface area contributed by atoms with Crippen molar-refractivity contribution in [3.8, 4) is 5.75 Å². The fourth-order valence-electron chi connectivity index (χ4n) is 3.95. The van der Waals surface area contributed by atoms with Crippen LogP contribution >= 0.6 is 0 Å². The molecule has 5 nitrogen and oxygen atoms in total. The first-order valence-electron chi connectivity index (χ1n) is 8.76. The Morgan fingerprint density at radius 1 is 1.20 bits per heavy atom. The second-order valence-corrected chi connectivity index (χ2v) is 7.39. The zero-order valence-corrected chi connectivity index (χ0v) is 14.4. The number of hydrogen-bond acceptors (Lipinski definition) is 5. The van der Waals surface area contributed by atoms with E-state index in [0.29, 0.717) is 12.0 Å². The SMILES string of the molecule is CC1(COc2ccccc2)CC2CN(c3ncc(F)cn3)CCN2C1. The third-order valence-electron chi connectivity index (χ3n) is 5.14. The van der Waals surface area contributed by atoms with E-state index in [0.717, 1.165) is 45.0 Å². The van der Waals surface area contributed by atoms with Crippen molar-refractivity contribution in [3.05, 3.63) is 48.5 Å². The van der Waals surface area contributed by atoms with Crippen molar-refractivity contribution in [2.75, 3.05) is 37.7 Å². The topological polar surface area (TPSA) is 41.5 Å². The molecule has 1 aromatic heterocycles. The summed E-state index contributed by atoms with van der Waals surface area (Å²) in [6, 6.07) is 10.5. The Morgan fingerprint density at radius 3 is 2.72 bits per heavy atom. The summed E-state index contributed by atoms with van der Waals surface area (Å²) in [6.45, 7) is 6.79. The van der Waals surface area contributed by atoms with E-state index in [1.807, 2.05) is 30.3 Å². The first-order chi connectivity index (χ1) is 12.1. The minimum atomic E-state index is -0.395. The maximum Gasteiger partial charge on any atom is 0.225 e. The Balaban J connectivity index is 1.38. The van der Waals surface area contributed by atoms with Crippen LogP contribution in [0.3, 0.4) is 0 Å². The third kappa shape index (κ3) is 3.58. The van der Waals surface area contributed by atoms with Crippen molar-refractivity contribution < 1.29 is 9.13 Å². The first kappa shape index (κ1) is 16.3. The lowest BCUT2D eigenvalue weighted by atomic mass is 9.89. The van der Waals surface area contributed by atoms with Crippen molar-refractivity contribution in [2.24, 2.45) is 5.41 Å². The van der Waals surface area contributed by atoms with E-state index in [-0.39, 0.29) is 5.41 Å². The van der Waals surface area contributed by atoms with E-state index in [9.17, 15) is 4.39 Å². The van der Waals surface area contributed by atoms with Crippen molar-refractivity contribution >= 4 is 5.95 Å². The van der Waals surface area contributed by atoms with E-state index >= 15 is 0 Å². The maximum atomic E-state index is 13.0. The number of halogens is 1. The summed E-state index contributed by atoms with van der Waals surface area (Å²) in [5.41, 5.74) is 0.139. The molecule has 0 saturated carbocycles. The van der Waals surface area contributed by atoms with Gasteiger partial charge in [-0.15, -0.1) is 0 Å². The van der Waals surface area contributed by atoms with Crippen LogP contribution in [-0.2, 0) is 0 Å². The van der Waals surface area contributed by atoms with E-state index in [4.69, 9.17) is 4.74 Å². The van der Waals surface area contributed by atoms with Crippen LogP contribution in [0.1, 0.15) is 13.3 Å². The summed E-state index contributed by atoms with van der Waals surface area (Å²) in [7, 11) is 0. The highest BCUT2D eigenvalue weighted by atomic mass is 19.1. The Bertz CT molecular complexity index is 711. The van der Waals surface area contributed by atoms with Gasteiger partial charge < -0.3 is 9.64 Å². The predicted octanol–water partition coefficient (Wildman–Crippen LogP) is 2.60. The molecule has 2 fully saturated rings. The van der Waals surface area contributed by atoms with Gasteiger partial charge in [-0.2, -0.15) is 0 Å². The molecular weight excluding hydrogens is 319 g/mol. The van der Waals surface area contributed by atoms with Gasteiger partial charge in [-0.3, -0.25) is 4.90 Å². The quantitative estimate of drug-likeness (QED) is 0.854. The highest BCUT2D eigenvalue weighted by Gasteiger charge is 2.43. The van der Waals surface area contributed by atoms with Gasteiger partial charge in [0.15, 0.2) is 5.82 Å². The Hall–Kier alpha value is -2.21. The average molecular weight is 342 g/mol. The van der Waals surface area contributed by atoms with Crippen LogP contribution in [0.5, 0.6) is 5.75 Å². The molecule has 0 amide bonds. The van der Waals surface area contributed by atoms with Crippen LogP contribution in [0.2, 0.25) is 0 Å². The van der Waals surface area contributed by atoms with E-state index < -0.39 is 5.82 Å². The van der Waals surface area contributed by atoms with Crippen LogP contribution in [0, 0.1) is 11.2 Å². The summed E-state index contributed by atoms with van der Waals surface area (Å²) in [5.74, 6) is 1.15. The predicted molar refractivity (Wildman–Crippen MR) is 94.2 cm³/mol. The van der Waals surface area contributed by atoms with Gasteiger partial charge in [-0.05, 0) is 18.6 Å². The molecule has 4 rings (SSSR count).